The first-order valence-electron chi connectivity index (χ1n) is 6.52. The molecule has 1 spiro atoms. The molecule has 6 nitrogen and oxygen atoms in total. The number of rotatable bonds is 2. The predicted octanol–water partition coefficient (Wildman–Crippen LogP) is -0.122. The molecule has 0 saturated carbocycles. The van der Waals surface area contributed by atoms with Crippen LogP contribution in [0.2, 0.25) is 0 Å². The number of carbonyl (C=O) groups is 2. The van der Waals surface area contributed by atoms with Gasteiger partial charge in [0, 0.05) is 32.5 Å². The van der Waals surface area contributed by atoms with Gasteiger partial charge in [-0.1, -0.05) is 6.92 Å². The lowest BCUT2D eigenvalue weighted by molar-refractivity contribution is -0.188. The van der Waals surface area contributed by atoms with E-state index in [-0.39, 0.29) is 0 Å². The molecule has 0 aromatic heterocycles. The van der Waals surface area contributed by atoms with Gasteiger partial charge in [0.25, 0.3) is 0 Å². The molecule has 2 saturated heterocycles. The number of amides is 2. The standard InChI is InChI=1S/C12H20N2O4/c1-2-5-13-10(15)11(16)14-6-3-12(4-7-14)17-8-9-18-12/h2-9H2,1H3,(H,13,15). The van der Waals surface area contributed by atoms with Crippen LogP contribution >= 0.6 is 0 Å². The summed E-state index contributed by atoms with van der Waals surface area (Å²) in [6, 6.07) is 0. The molecule has 6 heteroatoms. The maximum Gasteiger partial charge on any atom is 0.311 e. The van der Waals surface area contributed by atoms with E-state index in [1.807, 2.05) is 6.92 Å². The van der Waals surface area contributed by atoms with E-state index in [9.17, 15) is 9.59 Å². The minimum atomic E-state index is -0.513. The zero-order chi connectivity index (χ0) is 13.0. The number of carbonyl (C=O) groups excluding carboxylic acids is 2. The molecule has 2 amide bonds. The number of piperidine rings is 1. The van der Waals surface area contributed by atoms with Gasteiger partial charge in [0.2, 0.25) is 0 Å². The first-order valence-corrected chi connectivity index (χ1v) is 6.52. The van der Waals surface area contributed by atoms with E-state index in [0.717, 1.165) is 6.42 Å². The van der Waals surface area contributed by atoms with E-state index in [1.165, 1.54) is 0 Å². The Morgan fingerprint density at radius 2 is 1.83 bits per heavy atom. The van der Waals surface area contributed by atoms with E-state index in [2.05, 4.69) is 5.32 Å². The molecule has 0 atom stereocenters. The van der Waals surface area contributed by atoms with Crippen LogP contribution in [0.5, 0.6) is 0 Å². The van der Waals surface area contributed by atoms with Gasteiger partial charge >= 0.3 is 11.8 Å². The van der Waals surface area contributed by atoms with Crippen molar-refractivity contribution in [2.75, 3.05) is 32.8 Å². The molecule has 0 radical (unpaired) electrons. The van der Waals surface area contributed by atoms with Crippen molar-refractivity contribution in [2.45, 2.75) is 32.0 Å². The lowest BCUT2D eigenvalue weighted by atomic mass is 10.0. The largest absolute Gasteiger partial charge is 0.348 e. The molecular formula is C12H20N2O4. The zero-order valence-electron chi connectivity index (χ0n) is 10.7. The lowest BCUT2D eigenvalue weighted by Crippen LogP contribution is -2.51. The first kappa shape index (κ1) is 13.3. The van der Waals surface area contributed by atoms with Crippen molar-refractivity contribution >= 4 is 11.8 Å². The highest BCUT2D eigenvalue weighted by Gasteiger charge is 2.41. The second kappa shape index (κ2) is 5.67. The Kier molecular flexibility index (Phi) is 4.19. The summed E-state index contributed by atoms with van der Waals surface area (Å²) in [6.07, 6.45) is 2.10. The Morgan fingerprint density at radius 1 is 1.22 bits per heavy atom. The second-order valence-electron chi connectivity index (χ2n) is 4.66. The van der Waals surface area contributed by atoms with Crippen LogP contribution in [0.15, 0.2) is 0 Å². The Labute approximate surface area is 107 Å². The third-order valence-electron chi connectivity index (χ3n) is 3.36. The monoisotopic (exact) mass is 256 g/mol. The van der Waals surface area contributed by atoms with Crippen molar-refractivity contribution in [3.8, 4) is 0 Å². The smallest absolute Gasteiger partial charge is 0.311 e. The molecule has 2 aliphatic heterocycles. The number of likely N-dealkylation sites (tertiary alicyclic amines) is 1. The third-order valence-corrected chi connectivity index (χ3v) is 3.36. The topological polar surface area (TPSA) is 67.9 Å². The van der Waals surface area contributed by atoms with Crippen LogP contribution in [0.4, 0.5) is 0 Å². The van der Waals surface area contributed by atoms with Gasteiger partial charge in [-0.25, -0.2) is 0 Å². The molecular weight excluding hydrogens is 236 g/mol. The van der Waals surface area contributed by atoms with Gasteiger partial charge in [-0.2, -0.15) is 0 Å². The molecule has 0 aromatic rings. The van der Waals surface area contributed by atoms with Crippen LogP contribution < -0.4 is 5.32 Å². The molecule has 0 aliphatic carbocycles. The fraction of sp³-hybridized carbons (Fsp3) is 0.833. The van der Waals surface area contributed by atoms with Crippen molar-refractivity contribution in [1.29, 1.82) is 0 Å². The van der Waals surface area contributed by atoms with Gasteiger partial charge in [-0.3, -0.25) is 9.59 Å². The average molecular weight is 256 g/mol. The van der Waals surface area contributed by atoms with Gasteiger partial charge in [0.1, 0.15) is 0 Å². The van der Waals surface area contributed by atoms with Crippen LogP contribution in [-0.2, 0) is 19.1 Å². The van der Waals surface area contributed by atoms with Crippen LogP contribution in [0.3, 0.4) is 0 Å². The van der Waals surface area contributed by atoms with Crippen LogP contribution in [0.1, 0.15) is 26.2 Å². The number of hydrogen-bond donors (Lipinski definition) is 1. The van der Waals surface area contributed by atoms with E-state index < -0.39 is 17.6 Å². The highest BCUT2D eigenvalue weighted by atomic mass is 16.7. The predicted molar refractivity (Wildman–Crippen MR) is 63.7 cm³/mol. The summed E-state index contributed by atoms with van der Waals surface area (Å²) in [4.78, 5) is 25.0. The number of hydrogen-bond acceptors (Lipinski definition) is 4. The number of ether oxygens (including phenoxy) is 2. The van der Waals surface area contributed by atoms with Crippen molar-refractivity contribution in [3.05, 3.63) is 0 Å². The zero-order valence-corrected chi connectivity index (χ0v) is 10.7. The van der Waals surface area contributed by atoms with E-state index in [0.29, 0.717) is 45.7 Å². The average Bonchev–Trinajstić information content (AvgIpc) is 2.84. The quantitative estimate of drug-likeness (QED) is 0.699. The Morgan fingerprint density at radius 3 is 2.39 bits per heavy atom. The van der Waals surface area contributed by atoms with Gasteiger partial charge in [-0.15, -0.1) is 0 Å². The Bertz CT molecular complexity index is 316. The Hall–Kier alpha value is -1.14. The number of nitrogens with zero attached hydrogens (tertiary/aromatic N) is 1. The molecule has 0 unspecified atom stereocenters. The summed E-state index contributed by atoms with van der Waals surface area (Å²) in [5.74, 6) is -1.46. The molecule has 2 fully saturated rings. The van der Waals surface area contributed by atoms with Crippen molar-refractivity contribution in [2.24, 2.45) is 0 Å². The number of nitrogens with one attached hydrogen (secondary N) is 1. The molecule has 0 aromatic carbocycles. The lowest BCUT2D eigenvalue weighted by Gasteiger charge is -2.37. The molecule has 102 valence electrons. The molecule has 18 heavy (non-hydrogen) atoms. The molecule has 2 rings (SSSR count). The minimum Gasteiger partial charge on any atom is -0.348 e. The molecule has 2 aliphatic rings. The van der Waals surface area contributed by atoms with Crippen molar-refractivity contribution in [1.82, 2.24) is 10.2 Å². The third kappa shape index (κ3) is 2.81. The molecule has 2 heterocycles. The summed E-state index contributed by atoms with van der Waals surface area (Å²) < 4.78 is 11.1. The first-order chi connectivity index (χ1) is 8.67. The van der Waals surface area contributed by atoms with Crippen LogP contribution in [-0.4, -0.2) is 55.3 Å². The van der Waals surface area contributed by atoms with Crippen molar-refractivity contribution in [3.63, 3.8) is 0 Å². The fourth-order valence-electron chi connectivity index (χ4n) is 2.29. The highest BCUT2D eigenvalue weighted by molar-refractivity contribution is 6.35. The van der Waals surface area contributed by atoms with E-state index >= 15 is 0 Å². The maximum absolute atomic E-state index is 11.8. The summed E-state index contributed by atoms with van der Waals surface area (Å²) >= 11 is 0. The Balaban J connectivity index is 1.81. The molecule has 0 bridgehead atoms. The summed E-state index contributed by atoms with van der Waals surface area (Å²) in [5.41, 5.74) is 0. The highest BCUT2D eigenvalue weighted by Crippen LogP contribution is 2.31. The van der Waals surface area contributed by atoms with Crippen LogP contribution in [0, 0.1) is 0 Å². The summed E-state index contributed by atoms with van der Waals surface area (Å²) in [5, 5.41) is 2.60. The normalized spacial score (nSPS) is 22.2. The second-order valence-corrected chi connectivity index (χ2v) is 4.66. The fourth-order valence-corrected chi connectivity index (χ4v) is 2.29. The van der Waals surface area contributed by atoms with E-state index in [4.69, 9.17) is 9.47 Å². The maximum atomic E-state index is 11.8. The SMILES string of the molecule is CCCNC(=O)C(=O)N1CCC2(CC1)OCCO2. The molecule has 1 N–H and O–H groups in total. The van der Waals surface area contributed by atoms with Gasteiger partial charge in [0.15, 0.2) is 5.79 Å². The summed E-state index contributed by atoms with van der Waals surface area (Å²) in [6.45, 7) is 4.74. The van der Waals surface area contributed by atoms with Gasteiger partial charge in [-0.05, 0) is 6.42 Å². The van der Waals surface area contributed by atoms with Gasteiger partial charge < -0.3 is 19.7 Å². The summed E-state index contributed by atoms with van der Waals surface area (Å²) in [7, 11) is 0. The van der Waals surface area contributed by atoms with Gasteiger partial charge in [0.05, 0.1) is 13.2 Å². The minimum absolute atomic E-state index is 0.448. The van der Waals surface area contributed by atoms with Crippen LogP contribution in [0.25, 0.3) is 0 Å². The van der Waals surface area contributed by atoms with E-state index in [1.54, 1.807) is 4.90 Å². The van der Waals surface area contributed by atoms with Crippen molar-refractivity contribution < 1.29 is 19.1 Å².